The summed E-state index contributed by atoms with van der Waals surface area (Å²) in [7, 11) is 0. The molecule has 1 spiro atoms. The number of hydrogen-bond acceptors (Lipinski definition) is 3. The summed E-state index contributed by atoms with van der Waals surface area (Å²) in [6, 6.07) is 0. The maximum atomic E-state index is 10.6. The van der Waals surface area contributed by atoms with Gasteiger partial charge >= 0.3 is 0 Å². The Balaban J connectivity index is 1.87. The summed E-state index contributed by atoms with van der Waals surface area (Å²) in [6.07, 6.45) is 7.25. The highest BCUT2D eigenvalue weighted by Crippen LogP contribution is 2.58. The highest BCUT2D eigenvalue weighted by molar-refractivity contribution is 5.36. The van der Waals surface area contributed by atoms with Crippen LogP contribution in [0.4, 0.5) is 0 Å². The van der Waals surface area contributed by atoms with Gasteiger partial charge in [0.15, 0.2) is 0 Å². The quantitative estimate of drug-likeness (QED) is 0.652. The number of piperidine rings is 1. The normalized spacial score (nSPS) is 53.4. The summed E-state index contributed by atoms with van der Waals surface area (Å²) in [5.41, 5.74) is 1.58. The Morgan fingerprint density at radius 1 is 1.32 bits per heavy atom. The van der Waals surface area contributed by atoms with Crippen LogP contribution >= 0.6 is 0 Å². The van der Waals surface area contributed by atoms with Gasteiger partial charge in [0, 0.05) is 23.9 Å². The van der Waals surface area contributed by atoms with Gasteiger partial charge in [-0.15, -0.1) is 0 Å². The van der Waals surface area contributed by atoms with Crippen molar-refractivity contribution in [2.45, 2.75) is 56.8 Å². The topological polar surface area (TPSA) is 43.7 Å². The van der Waals surface area contributed by atoms with E-state index < -0.39 is 0 Å². The van der Waals surface area contributed by atoms with Gasteiger partial charge in [-0.2, -0.15) is 0 Å². The molecule has 106 valence electrons. The first kappa shape index (κ1) is 12.4. The van der Waals surface area contributed by atoms with Crippen molar-refractivity contribution in [1.82, 2.24) is 4.90 Å². The zero-order valence-electron chi connectivity index (χ0n) is 11.8. The molecule has 3 fully saturated rings. The van der Waals surface area contributed by atoms with E-state index in [0.29, 0.717) is 11.8 Å². The third-order valence-electron chi connectivity index (χ3n) is 6.37. The van der Waals surface area contributed by atoms with Crippen LogP contribution < -0.4 is 0 Å². The van der Waals surface area contributed by atoms with Gasteiger partial charge in [-0.1, -0.05) is 13.0 Å². The fourth-order valence-electron chi connectivity index (χ4n) is 5.70. The average Bonchev–Trinajstić information content (AvgIpc) is 2.40. The maximum absolute atomic E-state index is 10.6. The molecular weight excluding hydrogens is 238 g/mol. The minimum Gasteiger partial charge on any atom is -0.393 e. The zero-order chi connectivity index (χ0) is 13.2. The van der Waals surface area contributed by atoms with Gasteiger partial charge in [0.05, 0.1) is 12.2 Å². The smallest absolute Gasteiger partial charge is 0.0633 e. The van der Waals surface area contributed by atoms with Crippen molar-refractivity contribution in [3.8, 4) is 0 Å². The molecule has 19 heavy (non-hydrogen) atoms. The van der Waals surface area contributed by atoms with Gasteiger partial charge < -0.3 is 10.2 Å². The van der Waals surface area contributed by atoms with Crippen LogP contribution in [0.25, 0.3) is 0 Å². The summed E-state index contributed by atoms with van der Waals surface area (Å²) >= 11 is 0. The first-order valence-corrected chi connectivity index (χ1v) is 7.96. The van der Waals surface area contributed by atoms with E-state index in [1.165, 1.54) is 18.5 Å². The summed E-state index contributed by atoms with van der Waals surface area (Å²) in [5, 5.41) is 21.1. The number of hydrogen-bond donors (Lipinski definition) is 2. The van der Waals surface area contributed by atoms with Gasteiger partial charge in [0.1, 0.15) is 0 Å². The van der Waals surface area contributed by atoms with Crippen molar-refractivity contribution in [2.75, 3.05) is 13.1 Å². The Hall–Kier alpha value is -0.380. The van der Waals surface area contributed by atoms with Crippen LogP contribution in [0.3, 0.4) is 0 Å². The Kier molecular flexibility index (Phi) is 2.64. The minimum atomic E-state index is -0.255. The molecule has 4 rings (SSSR count). The van der Waals surface area contributed by atoms with E-state index in [4.69, 9.17) is 0 Å². The first-order chi connectivity index (χ1) is 9.14. The molecule has 4 aliphatic rings. The van der Waals surface area contributed by atoms with Crippen LogP contribution in [0, 0.1) is 17.8 Å². The van der Waals surface area contributed by atoms with E-state index in [2.05, 4.69) is 17.9 Å². The maximum Gasteiger partial charge on any atom is 0.0633 e. The van der Waals surface area contributed by atoms with E-state index in [1.54, 1.807) is 0 Å². The molecule has 6 atom stereocenters. The molecule has 0 aromatic rings. The number of rotatable bonds is 0. The molecule has 1 unspecified atom stereocenters. The predicted octanol–water partition coefficient (Wildman–Crippen LogP) is 1.55. The van der Waals surface area contributed by atoms with E-state index in [0.717, 1.165) is 32.2 Å². The van der Waals surface area contributed by atoms with E-state index in [-0.39, 0.29) is 23.7 Å². The third-order valence-corrected chi connectivity index (χ3v) is 6.37. The molecule has 2 heterocycles. The highest BCUT2D eigenvalue weighted by atomic mass is 16.3. The van der Waals surface area contributed by atoms with Crippen molar-refractivity contribution in [3.05, 3.63) is 11.6 Å². The van der Waals surface area contributed by atoms with Gasteiger partial charge in [-0.3, -0.25) is 4.90 Å². The summed E-state index contributed by atoms with van der Waals surface area (Å²) in [6.45, 7) is 4.51. The molecule has 0 radical (unpaired) electrons. The lowest BCUT2D eigenvalue weighted by molar-refractivity contribution is -0.138. The largest absolute Gasteiger partial charge is 0.393 e. The molecule has 2 aliphatic heterocycles. The zero-order valence-corrected chi connectivity index (χ0v) is 11.8. The molecule has 3 heteroatoms. The molecule has 2 saturated carbocycles. The summed E-state index contributed by atoms with van der Waals surface area (Å²) in [5.74, 6) is 0.964. The van der Waals surface area contributed by atoms with Crippen molar-refractivity contribution < 1.29 is 10.2 Å². The SMILES string of the molecule is C[C@H]1C[C@]23C4=CCCN2CCC[C@@H]3[C@H](O)C[C@@H]4C1O. The molecule has 2 N–H and O–H groups in total. The molecule has 0 amide bonds. The van der Waals surface area contributed by atoms with Crippen LogP contribution in [-0.4, -0.2) is 45.9 Å². The van der Waals surface area contributed by atoms with Crippen molar-refractivity contribution >= 4 is 0 Å². The van der Waals surface area contributed by atoms with E-state index in [1.807, 2.05) is 0 Å². The molecule has 3 nitrogen and oxygen atoms in total. The molecule has 0 aromatic carbocycles. The minimum absolute atomic E-state index is 0.0947. The number of nitrogens with zero attached hydrogens (tertiary/aromatic N) is 1. The summed E-state index contributed by atoms with van der Waals surface area (Å²) < 4.78 is 0. The highest BCUT2D eigenvalue weighted by Gasteiger charge is 2.61. The summed E-state index contributed by atoms with van der Waals surface area (Å²) in [4.78, 5) is 2.65. The lowest BCUT2D eigenvalue weighted by Gasteiger charge is -2.65. The Labute approximate surface area is 115 Å². The second-order valence-electron chi connectivity index (χ2n) is 7.19. The number of aliphatic hydroxyl groups excluding tert-OH is 2. The lowest BCUT2D eigenvalue weighted by atomic mass is 9.51. The monoisotopic (exact) mass is 263 g/mol. The fraction of sp³-hybridized carbons (Fsp3) is 0.875. The molecule has 0 aromatic heterocycles. The van der Waals surface area contributed by atoms with Crippen LogP contribution in [0.5, 0.6) is 0 Å². The fourth-order valence-corrected chi connectivity index (χ4v) is 5.70. The second-order valence-corrected chi connectivity index (χ2v) is 7.19. The van der Waals surface area contributed by atoms with Crippen LogP contribution in [-0.2, 0) is 0 Å². The molecule has 1 saturated heterocycles. The molecule has 2 bridgehead atoms. The second kappa shape index (κ2) is 4.06. The molecule has 2 aliphatic carbocycles. The van der Waals surface area contributed by atoms with Gasteiger partial charge in [0.25, 0.3) is 0 Å². The molecular formula is C16H25NO2. The predicted molar refractivity (Wildman–Crippen MR) is 73.6 cm³/mol. The first-order valence-electron chi connectivity index (χ1n) is 7.96. The van der Waals surface area contributed by atoms with Crippen LogP contribution in [0.1, 0.15) is 39.0 Å². The Bertz CT molecular complexity index is 421. The van der Waals surface area contributed by atoms with Gasteiger partial charge in [-0.05, 0) is 50.1 Å². The van der Waals surface area contributed by atoms with E-state index in [9.17, 15) is 10.2 Å². The van der Waals surface area contributed by atoms with Crippen LogP contribution in [0.2, 0.25) is 0 Å². The van der Waals surface area contributed by atoms with Crippen molar-refractivity contribution in [1.29, 1.82) is 0 Å². The van der Waals surface area contributed by atoms with Crippen molar-refractivity contribution in [3.63, 3.8) is 0 Å². The van der Waals surface area contributed by atoms with Gasteiger partial charge in [-0.25, -0.2) is 0 Å². The third kappa shape index (κ3) is 1.44. The van der Waals surface area contributed by atoms with Crippen LogP contribution in [0.15, 0.2) is 11.6 Å². The average molecular weight is 263 g/mol. The van der Waals surface area contributed by atoms with Gasteiger partial charge in [0.2, 0.25) is 0 Å². The standard InChI is InChI=1S/C16H25NO2/c1-10-9-16-12-4-2-6-17(16)7-3-5-13(16)14(18)8-11(12)15(10)19/h4,10-11,13-15,18-19H,2-3,5-9H2,1H3/t10-,11-,13+,14+,15?,16+/m0/s1. The van der Waals surface area contributed by atoms with Crippen molar-refractivity contribution in [2.24, 2.45) is 17.8 Å². The Morgan fingerprint density at radius 3 is 3.00 bits per heavy atom. The van der Waals surface area contributed by atoms with E-state index >= 15 is 0 Å². The Morgan fingerprint density at radius 2 is 2.16 bits per heavy atom. The lowest BCUT2D eigenvalue weighted by Crippen LogP contribution is -2.70. The number of aliphatic hydroxyl groups is 2.